The summed E-state index contributed by atoms with van der Waals surface area (Å²) in [5, 5.41) is 0. The van der Waals surface area contributed by atoms with E-state index in [1.165, 1.54) is 24.8 Å². The number of ether oxygens (including phenoxy) is 1. The Labute approximate surface area is 103 Å². The maximum Gasteiger partial charge on any atom is 0.306 e. The summed E-state index contributed by atoms with van der Waals surface area (Å²) in [5.41, 5.74) is 1.33. The first-order valence-corrected chi connectivity index (χ1v) is 6.97. The van der Waals surface area contributed by atoms with Crippen molar-refractivity contribution in [2.45, 2.75) is 63.9 Å². The smallest absolute Gasteiger partial charge is 0.306 e. The molecule has 2 heteroatoms. The Kier molecular flexibility index (Phi) is 2.39. The molecule has 94 valence electrons. The Morgan fingerprint density at radius 3 is 2.88 bits per heavy atom. The van der Waals surface area contributed by atoms with E-state index >= 15 is 0 Å². The number of carbonyl (C=O) groups excluding carboxylic acids is 1. The van der Waals surface area contributed by atoms with Crippen LogP contribution in [-0.4, -0.2) is 11.6 Å². The predicted octanol–water partition coefficient (Wildman–Crippen LogP) is 3.61. The second-order valence-corrected chi connectivity index (χ2v) is 6.38. The zero-order valence-electron chi connectivity index (χ0n) is 10.8. The summed E-state index contributed by atoms with van der Waals surface area (Å²) in [6.45, 7) is 6.59. The highest BCUT2D eigenvalue weighted by atomic mass is 16.6. The van der Waals surface area contributed by atoms with Gasteiger partial charge < -0.3 is 4.74 Å². The number of hydrogen-bond donors (Lipinski definition) is 0. The van der Waals surface area contributed by atoms with Gasteiger partial charge in [-0.3, -0.25) is 4.79 Å². The summed E-state index contributed by atoms with van der Waals surface area (Å²) in [5.74, 6) is 0.448. The van der Waals surface area contributed by atoms with Crippen molar-refractivity contribution in [2.24, 2.45) is 11.3 Å². The number of hydrogen-bond acceptors (Lipinski definition) is 2. The second-order valence-electron chi connectivity index (χ2n) is 6.38. The van der Waals surface area contributed by atoms with E-state index in [4.69, 9.17) is 4.74 Å². The quantitative estimate of drug-likeness (QED) is 0.473. The van der Waals surface area contributed by atoms with Gasteiger partial charge in [0.25, 0.3) is 0 Å². The van der Waals surface area contributed by atoms with Crippen molar-refractivity contribution in [3.05, 3.63) is 12.2 Å². The van der Waals surface area contributed by atoms with Gasteiger partial charge in [0.15, 0.2) is 0 Å². The van der Waals surface area contributed by atoms with Gasteiger partial charge in [-0.05, 0) is 38.5 Å². The molecule has 1 heterocycles. The summed E-state index contributed by atoms with van der Waals surface area (Å²) in [4.78, 5) is 11.8. The molecule has 0 aromatic carbocycles. The van der Waals surface area contributed by atoms with Crippen molar-refractivity contribution in [3.63, 3.8) is 0 Å². The lowest BCUT2D eigenvalue weighted by molar-refractivity contribution is -0.218. The lowest BCUT2D eigenvalue weighted by atomic mass is 9.51. The normalized spacial score (nSPS) is 45.8. The number of esters is 1. The minimum atomic E-state index is -0.198. The van der Waals surface area contributed by atoms with Crippen LogP contribution < -0.4 is 0 Å². The van der Waals surface area contributed by atoms with Gasteiger partial charge in [0.1, 0.15) is 5.60 Å². The van der Waals surface area contributed by atoms with Crippen LogP contribution in [0.15, 0.2) is 12.2 Å². The standard InChI is InChI=1S/C15H22O2/c1-11-5-3-9-15-12(11)6-4-8-14(15,2)10-7-13(16)17-15/h12H,1,3-10H2,2H3/t12-,14-,15-/m1/s1. The zero-order valence-corrected chi connectivity index (χ0v) is 10.8. The van der Waals surface area contributed by atoms with Gasteiger partial charge in [0.2, 0.25) is 0 Å². The minimum Gasteiger partial charge on any atom is -0.458 e. The maximum atomic E-state index is 11.8. The fraction of sp³-hybridized carbons (Fsp3) is 0.800. The van der Waals surface area contributed by atoms with Crippen molar-refractivity contribution >= 4 is 5.97 Å². The fourth-order valence-corrected chi connectivity index (χ4v) is 4.54. The largest absolute Gasteiger partial charge is 0.458 e. The molecule has 0 aromatic heterocycles. The lowest BCUT2D eigenvalue weighted by Gasteiger charge is -2.59. The molecule has 3 fully saturated rings. The van der Waals surface area contributed by atoms with Crippen molar-refractivity contribution in [3.8, 4) is 0 Å². The molecule has 2 saturated carbocycles. The molecule has 17 heavy (non-hydrogen) atoms. The van der Waals surface area contributed by atoms with E-state index in [0.29, 0.717) is 12.3 Å². The molecule has 1 saturated heterocycles. The first-order valence-electron chi connectivity index (χ1n) is 6.97. The molecule has 3 atom stereocenters. The summed E-state index contributed by atoms with van der Waals surface area (Å²) >= 11 is 0. The molecule has 1 aliphatic heterocycles. The van der Waals surface area contributed by atoms with E-state index in [-0.39, 0.29) is 17.0 Å². The highest BCUT2D eigenvalue weighted by Gasteiger charge is 2.60. The van der Waals surface area contributed by atoms with Crippen molar-refractivity contribution in [1.29, 1.82) is 0 Å². The van der Waals surface area contributed by atoms with E-state index in [0.717, 1.165) is 25.7 Å². The highest BCUT2D eigenvalue weighted by molar-refractivity contribution is 5.71. The summed E-state index contributed by atoms with van der Waals surface area (Å²) in [6.07, 6.45) is 8.58. The van der Waals surface area contributed by atoms with E-state index < -0.39 is 0 Å². The Balaban J connectivity index is 2.04. The van der Waals surface area contributed by atoms with Gasteiger partial charge in [-0.15, -0.1) is 0 Å². The molecule has 0 N–H and O–H groups in total. The molecule has 2 aliphatic carbocycles. The highest BCUT2D eigenvalue weighted by Crippen LogP contribution is 2.60. The third-order valence-electron chi connectivity index (χ3n) is 5.52. The molecule has 1 spiro atoms. The average molecular weight is 234 g/mol. The molecule has 0 radical (unpaired) electrons. The summed E-state index contributed by atoms with van der Waals surface area (Å²) in [7, 11) is 0. The van der Waals surface area contributed by atoms with E-state index in [9.17, 15) is 4.79 Å². The van der Waals surface area contributed by atoms with Crippen molar-refractivity contribution in [2.75, 3.05) is 0 Å². The van der Waals surface area contributed by atoms with Gasteiger partial charge in [-0.1, -0.05) is 25.5 Å². The van der Waals surface area contributed by atoms with Gasteiger partial charge in [0.05, 0.1) is 0 Å². The van der Waals surface area contributed by atoms with Crippen LogP contribution in [0.3, 0.4) is 0 Å². The summed E-state index contributed by atoms with van der Waals surface area (Å²) < 4.78 is 5.96. The van der Waals surface area contributed by atoms with E-state index in [1.54, 1.807) is 0 Å². The molecule has 0 bridgehead atoms. The van der Waals surface area contributed by atoms with Crippen molar-refractivity contribution < 1.29 is 9.53 Å². The van der Waals surface area contributed by atoms with Crippen LogP contribution in [0.5, 0.6) is 0 Å². The topological polar surface area (TPSA) is 26.3 Å². The maximum absolute atomic E-state index is 11.8. The fourth-order valence-electron chi connectivity index (χ4n) is 4.54. The Morgan fingerprint density at radius 2 is 2.06 bits per heavy atom. The second kappa shape index (κ2) is 3.60. The first kappa shape index (κ1) is 11.3. The molecular weight excluding hydrogens is 212 g/mol. The van der Waals surface area contributed by atoms with Crippen LogP contribution in [0.1, 0.15) is 58.3 Å². The van der Waals surface area contributed by atoms with Crippen LogP contribution in [0, 0.1) is 11.3 Å². The zero-order chi connectivity index (χ0) is 12.1. The van der Waals surface area contributed by atoms with Crippen LogP contribution in [-0.2, 0) is 9.53 Å². The predicted molar refractivity (Wildman–Crippen MR) is 66.5 cm³/mol. The van der Waals surface area contributed by atoms with E-state index in [1.807, 2.05) is 0 Å². The lowest BCUT2D eigenvalue weighted by Crippen LogP contribution is -2.61. The molecule has 3 aliphatic rings. The van der Waals surface area contributed by atoms with Gasteiger partial charge >= 0.3 is 5.97 Å². The Hall–Kier alpha value is -0.790. The van der Waals surface area contributed by atoms with E-state index in [2.05, 4.69) is 13.5 Å². The molecule has 0 unspecified atom stereocenters. The molecule has 0 aromatic rings. The van der Waals surface area contributed by atoms with Gasteiger partial charge in [-0.2, -0.15) is 0 Å². The van der Waals surface area contributed by atoms with Crippen molar-refractivity contribution in [1.82, 2.24) is 0 Å². The number of carbonyl (C=O) groups is 1. The minimum absolute atomic E-state index is 0.0177. The monoisotopic (exact) mass is 234 g/mol. The molecular formula is C15H22O2. The SMILES string of the molecule is C=C1CCC[C@]23OC(=O)CC[C@@]2(C)CCC[C@H]13. The molecule has 3 rings (SSSR count). The first-order chi connectivity index (χ1) is 8.07. The third kappa shape index (κ3) is 1.42. The van der Waals surface area contributed by atoms with Crippen LogP contribution >= 0.6 is 0 Å². The van der Waals surface area contributed by atoms with Crippen LogP contribution in [0.25, 0.3) is 0 Å². The Bertz CT molecular complexity index is 373. The number of rotatable bonds is 0. The van der Waals surface area contributed by atoms with Crippen LogP contribution in [0.4, 0.5) is 0 Å². The molecule has 0 amide bonds. The van der Waals surface area contributed by atoms with Crippen LogP contribution in [0.2, 0.25) is 0 Å². The summed E-state index contributed by atoms with van der Waals surface area (Å²) in [6, 6.07) is 0. The average Bonchev–Trinajstić information content (AvgIpc) is 2.29. The third-order valence-corrected chi connectivity index (χ3v) is 5.52. The van der Waals surface area contributed by atoms with Gasteiger partial charge in [0, 0.05) is 17.8 Å². The van der Waals surface area contributed by atoms with Gasteiger partial charge in [-0.25, -0.2) is 0 Å². The Morgan fingerprint density at radius 1 is 1.24 bits per heavy atom. The molecule has 2 nitrogen and oxygen atoms in total.